The molecule has 0 bridgehead atoms. The first kappa shape index (κ1) is 93.5. The van der Waals surface area contributed by atoms with Gasteiger partial charge in [-0.25, -0.2) is 19.2 Å². The quantitative estimate of drug-likeness (QED) is 0.0434. The Morgan fingerprint density at radius 2 is 0.645 bits per heavy atom. The number of aryl methyl sites for hydroxylation is 1. The fraction of sp³-hybridized carbons (Fsp3) is 0.274. The number of primary amides is 1. The van der Waals surface area contributed by atoms with Gasteiger partial charge < -0.3 is 58.3 Å². The molecule has 4 aliphatic heterocycles. The second-order valence-corrected chi connectivity index (χ2v) is 32.0. The average molecular weight is 1760 g/mol. The smallest absolute Gasteiger partial charge is 0.336 e. The van der Waals surface area contributed by atoms with Gasteiger partial charge in [0.15, 0.2) is 5.82 Å². The maximum atomic E-state index is 13.2. The highest BCUT2D eigenvalue weighted by atomic mass is 35.5. The molecule has 25 nitrogen and oxygen atoms in total. The van der Waals surface area contributed by atoms with E-state index in [1.807, 2.05) is 133 Å². The molecule has 644 valence electrons. The normalized spacial score (nSPS) is 16.5. The van der Waals surface area contributed by atoms with E-state index in [-0.39, 0.29) is 102 Å². The molecule has 124 heavy (non-hydrogen) atoms. The van der Waals surface area contributed by atoms with Crippen LogP contribution in [0.1, 0.15) is 154 Å². The first-order valence-corrected chi connectivity index (χ1v) is 41.0. The Bertz CT molecular complexity index is 5490. The summed E-state index contributed by atoms with van der Waals surface area (Å²) in [6.07, 6.45) is 0.202. The van der Waals surface area contributed by atoms with Crippen molar-refractivity contribution in [3.05, 3.63) is 340 Å². The third-order valence-corrected chi connectivity index (χ3v) is 21.5. The molecule has 0 saturated carbocycles. The molecule has 0 radical (unpaired) electrons. The first-order valence-electron chi connectivity index (χ1n) is 39.5. The summed E-state index contributed by atoms with van der Waals surface area (Å²) < 4.78 is 37.6. The standard InChI is InChI=1S/C26H28ClNO5.C24H22ClN3O4.C23H22ClNO5.C22H21ClN2O4/c1-17-24(25(31)32-16-18-8-6-5-7-9-18)21(19-10-12-20(27)13-11-19)14-22(29)28(17)15-23(30)33-26(2,3)4;1-15-23(24(30)31-14-17-6-4-3-5-7-17)20(18-8-10-19(25)11-9-18)12-22(29)28(15)13-21-26-16(2)27-32-21;1-15-22(23(28)30-14-16-6-4-3-5-7-16)19(17-8-10-18(24)11-9-17)12-20(26)25(15)13-21(27)29-2;1-14-21(22(28)29-13-15-5-3-2-4-6-15)18(16-7-9-17(23)10-8-16)11-20(27)25(14)12-19(24)26/h5-13,21H,14-16H2,1-4H3;3-11,20H,12-14H2,1-2H3;3-11,19H,12-14H2,1-2H3;2-10,18H,11-13H2,1H3,(H2,24,26). The van der Waals surface area contributed by atoms with E-state index in [0.29, 0.717) is 76.9 Å². The number of amides is 5. The topological polar surface area (TPSA) is 321 Å². The lowest BCUT2D eigenvalue weighted by Crippen LogP contribution is -2.42. The van der Waals surface area contributed by atoms with Crippen molar-refractivity contribution in [1.29, 1.82) is 0 Å². The number of carbonyl (C=O) groups excluding carboxylic acids is 11. The molecule has 4 atom stereocenters. The highest BCUT2D eigenvalue weighted by Gasteiger charge is 2.43. The summed E-state index contributed by atoms with van der Waals surface area (Å²) in [5.41, 5.74) is 14.3. The molecular formula is C95H93Cl4N7O18. The maximum absolute atomic E-state index is 13.2. The zero-order valence-corrected chi connectivity index (χ0v) is 72.7. The van der Waals surface area contributed by atoms with Gasteiger partial charge in [-0.05, 0) is 148 Å². The summed E-state index contributed by atoms with van der Waals surface area (Å²) in [6.45, 7) is 13.4. The van der Waals surface area contributed by atoms with Crippen molar-refractivity contribution in [3.63, 3.8) is 0 Å². The number of halogens is 4. The Kier molecular flexibility index (Phi) is 33.0. The molecule has 0 saturated heterocycles. The molecule has 4 unspecified atom stereocenters. The Morgan fingerprint density at radius 1 is 0.387 bits per heavy atom. The van der Waals surface area contributed by atoms with E-state index in [2.05, 4.69) is 14.9 Å². The van der Waals surface area contributed by atoms with Gasteiger partial charge in [0.05, 0.1) is 29.4 Å². The van der Waals surface area contributed by atoms with E-state index in [4.69, 9.17) is 80.3 Å². The van der Waals surface area contributed by atoms with E-state index in [0.717, 1.165) is 44.5 Å². The monoisotopic (exact) mass is 1760 g/mol. The van der Waals surface area contributed by atoms with Gasteiger partial charge in [0, 0.05) is 92.2 Å². The van der Waals surface area contributed by atoms with E-state index in [1.165, 1.54) is 26.7 Å². The summed E-state index contributed by atoms with van der Waals surface area (Å²) in [5, 5.41) is 6.03. The Labute approximate surface area is 738 Å². The molecule has 5 amide bonds. The van der Waals surface area contributed by atoms with Gasteiger partial charge in [0.1, 0.15) is 58.2 Å². The molecule has 29 heteroatoms. The van der Waals surface area contributed by atoms with Crippen LogP contribution in [0.4, 0.5) is 0 Å². The third-order valence-electron chi connectivity index (χ3n) is 20.5. The zero-order chi connectivity index (χ0) is 89.5. The molecule has 1 aromatic heterocycles. The lowest BCUT2D eigenvalue weighted by molar-refractivity contribution is -0.158. The second-order valence-electron chi connectivity index (χ2n) is 30.3. The van der Waals surface area contributed by atoms with Crippen LogP contribution in [0.3, 0.4) is 0 Å². The summed E-state index contributed by atoms with van der Waals surface area (Å²) in [7, 11) is 1.25. The van der Waals surface area contributed by atoms with Crippen LogP contribution in [-0.4, -0.2) is 127 Å². The predicted molar refractivity (Wildman–Crippen MR) is 463 cm³/mol. The molecule has 0 fully saturated rings. The average Bonchev–Trinajstić information content (AvgIpc) is 0.915. The molecule has 0 aliphatic carbocycles. The first-order chi connectivity index (χ1) is 59.2. The fourth-order valence-corrected chi connectivity index (χ4v) is 14.9. The summed E-state index contributed by atoms with van der Waals surface area (Å²) in [6, 6.07) is 65.6. The van der Waals surface area contributed by atoms with Crippen LogP contribution >= 0.6 is 46.4 Å². The second kappa shape index (κ2) is 43.8. The Morgan fingerprint density at radius 3 is 0.895 bits per heavy atom. The van der Waals surface area contributed by atoms with Crippen LogP contribution in [0.25, 0.3) is 0 Å². The van der Waals surface area contributed by atoms with E-state index in [9.17, 15) is 52.7 Å². The minimum atomic E-state index is -0.684. The van der Waals surface area contributed by atoms with Crippen molar-refractivity contribution >= 4 is 112 Å². The van der Waals surface area contributed by atoms with Crippen LogP contribution in [0.2, 0.25) is 20.1 Å². The number of esters is 6. The third kappa shape index (κ3) is 25.7. The molecule has 2 N–H and O–H groups in total. The molecule has 13 rings (SSSR count). The van der Waals surface area contributed by atoms with E-state index >= 15 is 0 Å². The van der Waals surface area contributed by atoms with Crippen molar-refractivity contribution in [3.8, 4) is 0 Å². The van der Waals surface area contributed by atoms with Gasteiger partial charge in [-0.3, -0.25) is 33.6 Å². The SMILES string of the molecule is CC1=C(C(=O)OCc2ccccc2)C(c2ccc(Cl)cc2)CC(=O)N1CC(=O)OC(C)(C)C.CC1=C(C(=O)OCc2ccccc2)C(c2ccc(Cl)cc2)CC(=O)N1CC(N)=O.CC1=C(C(=O)OCc2ccccc2)C(c2ccc(Cl)cc2)CC(=O)N1Cc1nc(C)no1.COC(=O)CN1C(=O)CC(c2ccc(Cl)cc2)C(C(=O)OCc2ccccc2)=C1C. The number of hydrogen-bond donors (Lipinski definition) is 1. The van der Waals surface area contributed by atoms with Gasteiger partial charge >= 0.3 is 35.8 Å². The highest BCUT2D eigenvalue weighted by molar-refractivity contribution is 6.31. The minimum Gasteiger partial charge on any atom is -0.468 e. The van der Waals surface area contributed by atoms with Gasteiger partial charge in [-0.2, -0.15) is 4.98 Å². The van der Waals surface area contributed by atoms with Crippen molar-refractivity contribution < 1.29 is 85.7 Å². The van der Waals surface area contributed by atoms with Crippen molar-refractivity contribution in [2.45, 2.75) is 143 Å². The van der Waals surface area contributed by atoms with Crippen LogP contribution in [0.5, 0.6) is 0 Å². The summed E-state index contributed by atoms with van der Waals surface area (Å²) in [4.78, 5) is 149. The van der Waals surface area contributed by atoms with E-state index < -0.39 is 71.0 Å². The minimum absolute atomic E-state index is 0.0253. The zero-order valence-electron chi connectivity index (χ0n) is 69.7. The van der Waals surface area contributed by atoms with Gasteiger partial charge in [-0.15, -0.1) is 0 Å². The largest absolute Gasteiger partial charge is 0.468 e. The molecule has 5 heterocycles. The van der Waals surface area contributed by atoms with Crippen LogP contribution in [-0.2, 0) is 114 Å². The van der Waals surface area contributed by atoms with Gasteiger partial charge in [-0.1, -0.05) is 221 Å². The van der Waals surface area contributed by atoms with Crippen molar-refractivity contribution in [1.82, 2.24) is 29.7 Å². The van der Waals surface area contributed by atoms with Crippen LogP contribution in [0, 0.1) is 6.92 Å². The number of hydrogen-bond acceptors (Lipinski definition) is 20. The van der Waals surface area contributed by atoms with E-state index in [1.54, 1.807) is 140 Å². The molecule has 9 aromatic rings. The lowest BCUT2D eigenvalue weighted by atomic mass is 9.83. The van der Waals surface area contributed by atoms with Crippen molar-refractivity contribution in [2.75, 3.05) is 26.7 Å². The predicted octanol–water partition coefficient (Wildman–Crippen LogP) is 16.6. The highest BCUT2D eigenvalue weighted by Crippen LogP contribution is 2.43. The summed E-state index contributed by atoms with van der Waals surface area (Å²) >= 11 is 24.0. The Balaban J connectivity index is 0.000000173. The lowest BCUT2D eigenvalue weighted by Gasteiger charge is -2.34. The van der Waals surface area contributed by atoms with Crippen LogP contribution in [0.15, 0.2) is 268 Å². The number of nitrogens with zero attached hydrogens (tertiary/aromatic N) is 6. The number of allylic oxidation sites excluding steroid dienone is 4. The number of methoxy groups -OCH3 is 1. The number of carbonyl (C=O) groups is 11. The number of benzene rings is 8. The van der Waals surface area contributed by atoms with Crippen molar-refractivity contribution in [2.24, 2.45) is 5.73 Å². The van der Waals surface area contributed by atoms with Gasteiger partial charge in [0.2, 0.25) is 35.4 Å². The number of nitrogens with two attached hydrogens (primary N) is 1. The molecule has 4 aliphatic rings. The Hall–Kier alpha value is -12.8. The summed E-state index contributed by atoms with van der Waals surface area (Å²) in [5.74, 6) is -5.92. The molecular weight excluding hydrogens is 1670 g/mol. The maximum Gasteiger partial charge on any atom is 0.336 e. The number of aromatic nitrogens is 2. The fourth-order valence-electron chi connectivity index (χ4n) is 14.4. The number of ether oxygens (including phenoxy) is 6. The molecule has 0 spiro atoms. The molecule has 8 aromatic carbocycles. The number of rotatable bonds is 24. The van der Waals surface area contributed by atoms with Crippen LogP contribution < -0.4 is 5.73 Å². The van der Waals surface area contributed by atoms with Gasteiger partial charge in [0.25, 0.3) is 0 Å².